The van der Waals surface area contributed by atoms with Crippen molar-refractivity contribution in [2.45, 2.75) is 25.3 Å². The lowest BCUT2D eigenvalue weighted by molar-refractivity contribution is 0.0951. The van der Waals surface area contributed by atoms with Gasteiger partial charge in [-0.1, -0.05) is 0 Å². The summed E-state index contributed by atoms with van der Waals surface area (Å²) in [5, 5.41) is 11.1. The van der Waals surface area contributed by atoms with E-state index in [4.69, 9.17) is 0 Å². The molecule has 0 unspecified atom stereocenters. The SMILES string of the molecule is O=C(NCCc1ccncc1)c1ccc2n(c1=O)C[C@H]1C[C@@H]2CN(c2cccnn2)C1. The van der Waals surface area contributed by atoms with Crippen molar-refractivity contribution in [2.75, 3.05) is 24.5 Å². The molecule has 0 aliphatic carbocycles. The third kappa shape index (κ3) is 3.93. The number of aromatic nitrogens is 4. The van der Waals surface area contributed by atoms with Gasteiger partial charge in [0.1, 0.15) is 5.56 Å². The fourth-order valence-corrected chi connectivity index (χ4v) is 4.73. The van der Waals surface area contributed by atoms with Crippen LogP contribution in [0.4, 0.5) is 5.82 Å². The van der Waals surface area contributed by atoms with Crippen LogP contribution in [0.3, 0.4) is 0 Å². The lowest BCUT2D eigenvalue weighted by Gasteiger charge is -2.43. The number of carbonyl (C=O) groups excluding carboxylic acids is 1. The van der Waals surface area contributed by atoms with E-state index in [0.717, 1.165) is 36.6 Å². The molecule has 1 amide bonds. The summed E-state index contributed by atoms with van der Waals surface area (Å²) in [6, 6.07) is 11.3. The summed E-state index contributed by atoms with van der Waals surface area (Å²) in [5.41, 5.74) is 2.12. The number of piperidine rings is 1. The van der Waals surface area contributed by atoms with Gasteiger partial charge in [-0.15, -0.1) is 5.10 Å². The van der Waals surface area contributed by atoms with Crippen LogP contribution in [-0.4, -0.2) is 45.3 Å². The highest BCUT2D eigenvalue weighted by Crippen LogP contribution is 2.36. The molecule has 0 spiro atoms. The predicted molar refractivity (Wildman–Crippen MR) is 116 cm³/mol. The van der Waals surface area contributed by atoms with Crippen molar-refractivity contribution in [2.24, 2.45) is 5.92 Å². The zero-order valence-electron chi connectivity index (χ0n) is 17.1. The Hall–Kier alpha value is -3.55. The van der Waals surface area contributed by atoms with Crippen LogP contribution < -0.4 is 15.8 Å². The second-order valence-electron chi connectivity index (χ2n) is 8.23. The first-order chi connectivity index (χ1) is 15.2. The van der Waals surface area contributed by atoms with E-state index in [-0.39, 0.29) is 22.9 Å². The third-order valence-corrected chi connectivity index (χ3v) is 6.18. The number of nitrogens with zero attached hydrogens (tertiary/aromatic N) is 5. The highest BCUT2D eigenvalue weighted by Gasteiger charge is 2.35. The molecule has 2 bridgehead atoms. The molecule has 5 heterocycles. The number of hydrogen-bond acceptors (Lipinski definition) is 6. The highest BCUT2D eigenvalue weighted by atomic mass is 16.2. The smallest absolute Gasteiger partial charge is 0.263 e. The molecule has 5 rings (SSSR count). The van der Waals surface area contributed by atoms with Gasteiger partial charge in [0.25, 0.3) is 11.5 Å². The van der Waals surface area contributed by atoms with Crippen molar-refractivity contribution >= 4 is 11.7 Å². The van der Waals surface area contributed by atoms with Crippen molar-refractivity contribution in [1.82, 2.24) is 25.1 Å². The largest absolute Gasteiger partial charge is 0.354 e. The van der Waals surface area contributed by atoms with Crippen molar-refractivity contribution in [1.29, 1.82) is 0 Å². The molecule has 8 nitrogen and oxygen atoms in total. The molecule has 2 aliphatic rings. The van der Waals surface area contributed by atoms with Gasteiger partial charge in [-0.05, 0) is 60.7 Å². The van der Waals surface area contributed by atoms with E-state index < -0.39 is 0 Å². The second kappa shape index (κ2) is 8.29. The molecule has 1 saturated heterocycles. The van der Waals surface area contributed by atoms with Gasteiger partial charge in [-0.3, -0.25) is 14.6 Å². The van der Waals surface area contributed by atoms with Gasteiger partial charge in [0.15, 0.2) is 5.82 Å². The van der Waals surface area contributed by atoms with E-state index in [0.29, 0.717) is 25.4 Å². The van der Waals surface area contributed by atoms with Gasteiger partial charge < -0.3 is 14.8 Å². The second-order valence-corrected chi connectivity index (χ2v) is 8.23. The summed E-state index contributed by atoms with van der Waals surface area (Å²) in [4.78, 5) is 32.0. The maximum atomic E-state index is 13.1. The number of nitrogens with one attached hydrogen (secondary N) is 1. The van der Waals surface area contributed by atoms with E-state index >= 15 is 0 Å². The van der Waals surface area contributed by atoms with Crippen LogP contribution in [0.1, 0.15) is 34.0 Å². The molecule has 31 heavy (non-hydrogen) atoms. The lowest BCUT2D eigenvalue weighted by atomic mass is 9.83. The van der Waals surface area contributed by atoms with Crippen LogP contribution in [0, 0.1) is 5.92 Å². The van der Waals surface area contributed by atoms with Crippen LogP contribution in [0.2, 0.25) is 0 Å². The molecule has 0 aromatic carbocycles. The minimum Gasteiger partial charge on any atom is -0.354 e. The summed E-state index contributed by atoms with van der Waals surface area (Å²) in [6.07, 6.45) is 6.88. The van der Waals surface area contributed by atoms with Crippen LogP contribution in [0.25, 0.3) is 0 Å². The Labute approximate surface area is 180 Å². The van der Waals surface area contributed by atoms with Crippen LogP contribution >= 0.6 is 0 Å². The Morgan fingerprint density at radius 3 is 2.74 bits per heavy atom. The van der Waals surface area contributed by atoms with E-state index in [2.05, 4.69) is 25.4 Å². The maximum absolute atomic E-state index is 13.1. The molecule has 158 valence electrons. The molecular weight excluding hydrogens is 392 g/mol. The Balaban J connectivity index is 1.31. The van der Waals surface area contributed by atoms with Gasteiger partial charge >= 0.3 is 0 Å². The molecule has 3 aromatic rings. The Morgan fingerprint density at radius 2 is 1.94 bits per heavy atom. The van der Waals surface area contributed by atoms with E-state index in [1.165, 1.54) is 0 Å². The topological polar surface area (TPSA) is 93.0 Å². The monoisotopic (exact) mass is 416 g/mol. The number of amides is 1. The zero-order chi connectivity index (χ0) is 21.2. The number of hydrogen-bond donors (Lipinski definition) is 1. The summed E-state index contributed by atoms with van der Waals surface area (Å²) >= 11 is 0. The van der Waals surface area contributed by atoms with Gasteiger partial charge in [0, 0.05) is 56.4 Å². The van der Waals surface area contributed by atoms with Gasteiger partial charge in [0.2, 0.25) is 0 Å². The first-order valence-electron chi connectivity index (χ1n) is 10.6. The van der Waals surface area contributed by atoms with Crippen molar-refractivity contribution in [3.8, 4) is 0 Å². The fourth-order valence-electron chi connectivity index (χ4n) is 4.73. The van der Waals surface area contributed by atoms with E-state index in [1.807, 2.05) is 34.9 Å². The molecule has 8 heteroatoms. The quantitative estimate of drug-likeness (QED) is 0.680. The van der Waals surface area contributed by atoms with Gasteiger partial charge in [-0.2, -0.15) is 5.10 Å². The molecule has 0 radical (unpaired) electrons. The average Bonchev–Trinajstić information content (AvgIpc) is 2.81. The molecule has 3 aromatic heterocycles. The Bertz CT molecular complexity index is 1130. The Morgan fingerprint density at radius 1 is 1.06 bits per heavy atom. The normalized spacial score (nSPS) is 19.5. The van der Waals surface area contributed by atoms with Crippen LogP contribution in [0.5, 0.6) is 0 Å². The molecule has 1 N–H and O–H groups in total. The minimum absolute atomic E-state index is 0.193. The molecule has 1 fully saturated rings. The average molecular weight is 416 g/mol. The van der Waals surface area contributed by atoms with Crippen molar-refractivity contribution < 1.29 is 4.79 Å². The predicted octanol–water partition coefficient (Wildman–Crippen LogP) is 1.63. The first-order valence-corrected chi connectivity index (χ1v) is 10.6. The minimum atomic E-state index is -0.314. The number of fused-ring (bicyclic) bond motifs is 4. The van der Waals surface area contributed by atoms with E-state index in [9.17, 15) is 9.59 Å². The number of anilines is 1. The summed E-state index contributed by atoms with van der Waals surface area (Å²) in [7, 11) is 0. The number of pyridine rings is 2. The fraction of sp³-hybridized carbons (Fsp3) is 0.348. The van der Waals surface area contributed by atoms with Crippen LogP contribution in [0.15, 0.2) is 59.8 Å². The lowest BCUT2D eigenvalue weighted by Crippen LogP contribution is -2.48. The third-order valence-electron chi connectivity index (χ3n) is 6.18. The molecular formula is C23H24N6O2. The zero-order valence-corrected chi connectivity index (χ0v) is 17.1. The standard InChI is InChI=1S/C23H24N6O2/c30-22(25-11-7-16-5-9-24-10-6-16)19-3-4-20-18-12-17(14-29(20)23(19)31)13-28(15-18)21-2-1-8-26-27-21/h1-6,8-10,17-18H,7,11-15H2,(H,25,30)/t17-,18+/m0/s1. The summed E-state index contributed by atoms with van der Waals surface area (Å²) < 4.78 is 1.81. The molecule has 0 saturated carbocycles. The highest BCUT2D eigenvalue weighted by molar-refractivity contribution is 5.93. The molecule has 2 atom stereocenters. The van der Waals surface area contributed by atoms with Crippen molar-refractivity contribution in [3.63, 3.8) is 0 Å². The number of rotatable bonds is 5. The number of carbonyl (C=O) groups is 1. The van der Waals surface area contributed by atoms with E-state index in [1.54, 1.807) is 24.7 Å². The molecule has 2 aliphatic heterocycles. The summed E-state index contributed by atoms with van der Waals surface area (Å²) in [5.74, 6) is 1.14. The van der Waals surface area contributed by atoms with Gasteiger partial charge in [-0.25, -0.2) is 0 Å². The van der Waals surface area contributed by atoms with Crippen LogP contribution in [-0.2, 0) is 13.0 Å². The van der Waals surface area contributed by atoms with Crippen molar-refractivity contribution in [3.05, 3.63) is 82.2 Å². The first kappa shape index (κ1) is 19.4. The maximum Gasteiger partial charge on any atom is 0.263 e. The Kier molecular flexibility index (Phi) is 5.19. The summed E-state index contributed by atoms with van der Waals surface area (Å²) in [6.45, 7) is 2.73. The van der Waals surface area contributed by atoms with Gasteiger partial charge in [0.05, 0.1) is 0 Å².